The predicted molar refractivity (Wildman–Crippen MR) is 123 cm³/mol. The fourth-order valence-electron chi connectivity index (χ4n) is 4.07. The molecule has 0 radical (unpaired) electrons. The molecule has 0 aliphatic carbocycles. The van der Waals surface area contributed by atoms with Crippen molar-refractivity contribution in [3.05, 3.63) is 94.8 Å². The van der Waals surface area contributed by atoms with Crippen molar-refractivity contribution < 1.29 is 24.2 Å². The normalized spacial score (nSPS) is 17.3. The lowest BCUT2D eigenvalue weighted by atomic mass is 9.94. The first-order valence-electron chi connectivity index (χ1n) is 10.4. The van der Waals surface area contributed by atoms with E-state index < -0.39 is 17.7 Å². The number of hydrogen-bond donors (Lipinski definition) is 1. The summed E-state index contributed by atoms with van der Waals surface area (Å²) in [6, 6.07) is 15.1. The van der Waals surface area contributed by atoms with Gasteiger partial charge in [-0.3, -0.25) is 14.6 Å². The molecule has 1 aliphatic rings. The minimum atomic E-state index is -0.782. The highest BCUT2D eigenvalue weighted by Gasteiger charge is 2.46. The van der Waals surface area contributed by atoms with Crippen LogP contribution in [0.4, 0.5) is 0 Å². The molecule has 1 fully saturated rings. The maximum absolute atomic E-state index is 13.2. The van der Waals surface area contributed by atoms with Gasteiger partial charge in [-0.05, 0) is 66.1 Å². The van der Waals surface area contributed by atoms with Crippen molar-refractivity contribution in [2.24, 2.45) is 0 Å². The number of aryl methyl sites for hydroxylation is 1. The molecule has 2 aromatic carbocycles. The molecule has 3 aromatic rings. The molecule has 0 saturated carbocycles. The summed E-state index contributed by atoms with van der Waals surface area (Å²) in [5.41, 5.74) is 2.75. The highest BCUT2D eigenvalue weighted by atomic mass is 16.5. The molecule has 1 amide bonds. The Balaban J connectivity index is 1.88. The lowest BCUT2D eigenvalue weighted by Crippen LogP contribution is -2.29. The lowest BCUT2D eigenvalue weighted by Gasteiger charge is -2.25. The molecule has 2 heterocycles. The van der Waals surface area contributed by atoms with E-state index in [-0.39, 0.29) is 17.9 Å². The third-order valence-electron chi connectivity index (χ3n) is 5.72. The van der Waals surface area contributed by atoms with Crippen LogP contribution in [-0.4, -0.2) is 40.9 Å². The van der Waals surface area contributed by atoms with E-state index in [2.05, 4.69) is 4.98 Å². The molecule has 168 valence electrons. The smallest absolute Gasteiger partial charge is 0.295 e. The molecule has 7 nitrogen and oxygen atoms in total. The lowest BCUT2D eigenvalue weighted by molar-refractivity contribution is -0.140. The Morgan fingerprint density at radius 3 is 2.45 bits per heavy atom. The van der Waals surface area contributed by atoms with Crippen LogP contribution in [0, 0.1) is 6.92 Å². The predicted octanol–water partition coefficient (Wildman–Crippen LogP) is 4.03. The standard InChI is InChI=1S/C26H24N2O5/c1-16-13-19(7-8-21(16)33-3)24(29)22-23(18-5-4-6-20(14-18)32-2)28(26(31)25(22)30)15-17-9-11-27-12-10-17/h4-14,23,29H,15H2,1-3H3/b24-22-. The fraction of sp³-hybridized carbons (Fsp3) is 0.192. The van der Waals surface area contributed by atoms with Crippen molar-refractivity contribution in [3.8, 4) is 11.5 Å². The van der Waals surface area contributed by atoms with E-state index in [9.17, 15) is 14.7 Å². The Bertz CT molecular complexity index is 1240. The summed E-state index contributed by atoms with van der Waals surface area (Å²) in [5.74, 6) is -0.394. The number of ketones is 1. The molecular weight excluding hydrogens is 420 g/mol. The van der Waals surface area contributed by atoms with Crippen LogP contribution in [0.3, 0.4) is 0 Å². The zero-order valence-electron chi connectivity index (χ0n) is 18.6. The molecule has 0 spiro atoms. The number of methoxy groups -OCH3 is 2. The number of likely N-dealkylation sites (tertiary alicyclic amines) is 1. The quantitative estimate of drug-likeness (QED) is 0.351. The van der Waals surface area contributed by atoms with Gasteiger partial charge in [0.25, 0.3) is 11.7 Å². The van der Waals surface area contributed by atoms with Crippen molar-refractivity contribution in [2.45, 2.75) is 19.5 Å². The number of aliphatic hydroxyl groups excluding tert-OH is 1. The van der Waals surface area contributed by atoms with E-state index in [1.165, 1.54) is 4.90 Å². The van der Waals surface area contributed by atoms with E-state index in [0.29, 0.717) is 22.6 Å². The number of aromatic nitrogens is 1. The summed E-state index contributed by atoms with van der Waals surface area (Å²) in [6.07, 6.45) is 3.26. The summed E-state index contributed by atoms with van der Waals surface area (Å²) in [6.45, 7) is 2.03. The van der Waals surface area contributed by atoms with Crippen LogP contribution < -0.4 is 9.47 Å². The molecule has 33 heavy (non-hydrogen) atoms. The molecule has 0 bridgehead atoms. The van der Waals surface area contributed by atoms with E-state index in [4.69, 9.17) is 9.47 Å². The fourth-order valence-corrected chi connectivity index (χ4v) is 4.07. The van der Waals surface area contributed by atoms with Crippen LogP contribution in [0.15, 0.2) is 72.6 Å². The second kappa shape index (κ2) is 9.16. The first-order chi connectivity index (χ1) is 15.9. The van der Waals surface area contributed by atoms with Gasteiger partial charge in [0.15, 0.2) is 0 Å². The van der Waals surface area contributed by atoms with E-state index >= 15 is 0 Å². The number of carbonyl (C=O) groups excluding carboxylic acids is 2. The van der Waals surface area contributed by atoms with Crippen molar-refractivity contribution in [1.82, 2.24) is 9.88 Å². The van der Waals surface area contributed by atoms with Gasteiger partial charge in [0.05, 0.1) is 25.8 Å². The number of hydrogen-bond acceptors (Lipinski definition) is 6. The van der Waals surface area contributed by atoms with Crippen LogP contribution in [0.2, 0.25) is 0 Å². The van der Waals surface area contributed by atoms with Crippen LogP contribution in [0.5, 0.6) is 11.5 Å². The third-order valence-corrected chi connectivity index (χ3v) is 5.72. The molecule has 1 aliphatic heterocycles. The Labute approximate surface area is 191 Å². The SMILES string of the molecule is COc1cccc(C2/C(=C(/O)c3ccc(OC)c(C)c3)C(=O)C(=O)N2Cc2ccncc2)c1. The average molecular weight is 444 g/mol. The van der Waals surface area contributed by atoms with E-state index in [1.807, 2.05) is 13.0 Å². The van der Waals surface area contributed by atoms with Gasteiger partial charge in [-0.2, -0.15) is 0 Å². The molecule has 1 unspecified atom stereocenters. The summed E-state index contributed by atoms with van der Waals surface area (Å²) in [4.78, 5) is 31.8. The van der Waals surface area contributed by atoms with Crippen molar-refractivity contribution in [2.75, 3.05) is 14.2 Å². The minimum absolute atomic E-state index is 0.0341. The third kappa shape index (κ3) is 4.17. The van der Waals surface area contributed by atoms with Gasteiger partial charge in [-0.15, -0.1) is 0 Å². The first-order valence-corrected chi connectivity index (χ1v) is 10.4. The number of Topliss-reactive ketones (excluding diaryl/α,β-unsaturated/α-hetero) is 1. The van der Waals surface area contributed by atoms with Gasteiger partial charge in [-0.25, -0.2) is 0 Å². The monoisotopic (exact) mass is 444 g/mol. The highest BCUT2D eigenvalue weighted by Crippen LogP contribution is 2.41. The Morgan fingerprint density at radius 2 is 1.79 bits per heavy atom. The largest absolute Gasteiger partial charge is 0.507 e. The van der Waals surface area contributed by atoms with Crippen molar-refractivity contribution >= 4 is 17.4 Å². The topological polar surface area (TPSA) is 89.0 Å². The zero-order chi connectivity index (χ0) is 23.5. The Kier molecular flexibility index (Phi) is 6.13. The van der Waals surface area contributed by atoms with Gasteiger partial charge in [0.1, 0.15) is 17.3 Å². The number of aliphatic hydroxyl groups is 1. The summed E-state index contributed by atoms with van der Waals surface area (Å²) in [7, 11) is 3.11. The van der Waals surface area contributed by atoms with Gasteiger partial charge in [0, 0.05) is 24.5 Å². The van der Waals surface area contributed by atoms with Crippen LogP contribution >= 0.6 is 0 Å². The molecule has 1 aromatic heterocycles. The van der Waals surface area contributed by atoms with E-state index in [0.717, 1.165) is 11.1 Å². The zero-order valence-corrected chi connectivity index (χ0v) is 18.6. The first kappa shape index (κ1) is 22.1. The number of carbonyl (C=O) groups is 2. The number of rotatable bonds is 6. The van der Waals surface area contributed by atoms with Gasteiger partial charge < -0.3 is 19.5 Å². The molecule has 7 heteroatoms. The maximum Gasteiger partial charge on any atom is 0.295 e. The van der Waals surface area contributed by atoms with Crippen LogP contribution in [-0.2, 0) is 16.1 Å². The summed E-state index contributed by atoms with van der Waals surface area (Å²) >= 11 is 0. The van der Waals surface area contributed by atoms with Crippen LogP contribution in [0.1, 0.15) is 28.3 Å². The second-order valence-electron chi connectivity index (χ2n) is 7.74. The average Bonchev–Trinajstić information content (AvgIpc) is 3.09. The molecule has 1 N–H and O–H groups in total. The van der Waals surface area contributed by atoms with Crippen LogP contribution in [0.25, 0.3) is 5.76 Å². The molecular formula is C26H24N2O5. The molecule has 4 rings (SSSR count). The van der Waals surface area contributed by atoms with Crippen molar-refractivity contribution in [3.63, 3.8) is 0 Å². The van der Waals surface area contributed by atoms with E-state index in [1.54, 1.807) is 75.1 Å². The Morgan fingerprint density at radius 1 is 1.03 bits per heavy atom. The second-order valence-corrected chi connectivity index (χ2v) is 7.74. The van der Waals surface area contributed by atoms with Gasteiger partial charge in [0.2, 0.25) is 0 Å². The summed E-state index contributed by atoms with van der Waals surface area (Å²) in [5, 5.41) is 11.2. The number of amides is 1. The molecule has 1 saturated heterocycles. The minimum Gasteiger partial charge on any atom is -0.507 e. The van der Waals surface area contributed by atoms with Gasteiger partial charge in [-0.1, -0.05) is 12.1 Å². The van der Waals surface area contributed by atoms with Crippen molar-refractivity contribution in [1.29, 1.82) is 0 Å². The highest BCUT2D eigenvalue weighted by molar-refractivity contribution is 6.46. The number of ether oxygens (including phenoxy) is 2. The number of pyridine rings is 1. The summed E-state index contributed by atoms with van der Waals surface area (Å²) < 4.78 is 10.7. The number of benzene rings is 2. The van der Waals surface area contributed by atoms with Gasteiger partial charge >= 0.3 is 0 Å². The maximum atomic E-state index is 13.2. The Hall–Kier alpha value is -4.13. The molecule has 1 atom stereocenters. The number of nitrogens with zero attached hydrogens (tertiary/aromatic N) is 2.